The van der Waals surface area contributed by atoms with Crippen molar-refractivity contribution in [3.05, 3.63) is 178 Å². The minimum atomic E-state index is 0.0683. The molecule has 0 saturated heterocycles. The summed E-state index contributed by atoms with van der Waals surface area (Å²) < 4.78 is 2.19. The van der Waals surface area contributed by atoms with E-state index in [-0.39, 0.29) is 13.4 Å². The summed E-state index contributed by atoms with van der Waals surface area (Å²) in [5, 5.41) is 8.48. The first-order valence-electron chi connectivity index (χ1n) is 22.7. The van der Waals surface area contributed by atoms with Crippen molar-refractivity contribution in [3.63, 3.8) is 0 Å². The van der Waals surface area contributed by atoms with Gasteiger partial charge in [0.1, 0.15) is 0 Å². The molecule has 0 spiro atoms. The van der Waals surface area contributed by atoms with E-state index >= 15 is 0 Å². The molecule has 64 heavy (non-hydrogen) atoms. The minimum absolute atomic E-state index is 0.0683. The molecular formula is C58H40B2Br2N2. The summed E-state index contributed by atoms with van der Waals surface area (Å²) in [5.74, 6) is 0.606. The van der Waals surface area contributed by atoms with Crippen LogP contribution in [0.25, 0.3) is 54.6 Å². The van der Waals surface area contributed by atoms with Crippen molar-refractivity contribution >= 4 is 145 Å². The number of hydrogen-bond acceptors (Lipinski definition) is 2. The molecule has 0 bridgehead atoms. The van der Waals surface area contributed by atoms with Crippen molar-refractivity contribution in [2.45, 2.75) is 39.5 Å². The van der Waals surface area contributed by atoms with Gasteiger partial charge in [0.15, 0.2) is 0 Å². The summed E-state index contributed by atoms with van der Waals surface area (Å²) in [6.07, 6.45) is 0. The predicted octanol–water partition coefficient (Wildman–Crippen LogP) is 12.9. The lowest BCUT2D eigenvalue weighted by Crippen LogP contribution is -2.60. The van der Waals surface area contributed by atoms with Gasteiger partial charge in [-0.1, -0.05) is 155 Å². The summed E-state index contributed by atoms with van der Waals surface area (Å²) in [5.41, 5.74) is 23.9. The highest BCUT2D eigenvalue weighted by atomic mass is 79.9. The van der Waals surface area contributed by atoms with Crippen molar-refractivity contribution in [3.8, 4) is 22.3 Å². The summed E-state index contributed by atoms with van der Waals surface area (Å²) in [6, 6.07) is 60.2. The third-order valence-electron chi connectivity index (χ3n) is 15.0. The SMILES string of the molecule is CC(C)c1cc2c3c(cc4c(C(C)C)cc5c6c(cc1c3c46)B1c3ccccc3N(c3ccccc3)c3cc(Br)cc-5c31)B1c3ccccc3N(c3ccccc3)c3cc(Br)cc-2c31. The van der Waals surface area contributed by atoms with Crippen LogP contribution >= 0.6 is 31.9 Å². The van der Waals surface area contributed by atoms with Crippen LogP contribution in [0.15, 0.2) is 167 Å². The number of rotatable bonds is 4. The number of benzene rings is 10. The molecule has 0 radical (unpaired) electrons. The van der Waals surface area contributed by atoms with Crippen molar-refractivity contribution in [2.75, 3.05) is 9.80 Å². The summed E-state index contributed by atoms with van der Waals surface area (Å²) in [7, 11) is 0. The van der Waals surface area contributed by atoms with Crippen molar-refractivity contribution < 1.29 is 0 Å². The second-order valence-corrected chi connectivity index (χ2v) is 20.8. The molecular weight excluding hydrogens is 906 g/mol. The third kappa shape index (κ3) is 4.78. The maximum absolute atomic E-state index is 4.07. The van der Waals surface area contributed by atoms with E-state index in [4.69, 9.17) is 0 Å². The molecule has 0 amide bonds. The Hall–Kier alpha value is -6.07. The van der Waals surface area contributed by atoms with Crippen molar-refractivity contribution in [1.82, 2.24) is 0 Å². The minimum Gasteiger partial charge on any atom is -0.311 e. The maximum atomic E-state index is 4.07. The average Bonchev–Trinajstić information content (AvgIpc) is 3.31. The smallest absolute Gasteiger partial charge is 0.248 e. The van der Waals surface area contributed by atoms with E-state index in [0.717, 1.165) is 8.95 Å². The molecule has 14 rings (SSSR count). The van der Waals surface area contributed by atoms with E-state index < -0.39 is 0 Å². The van der Waals surface area contributed by atoms with E-state index in [9.17, 15) is 0 Å². The summed E-state index contributed by atoms with van der Waals surface area (Å²) >= 11 is 8.15. The van der Waals surface area contributed by atoms with Crippen LogP contribution in [0.3, 0.4) is 0 Å². The molecule has 0 fully saturated rings. The van der Waals surface area contributed by atoms with Crippen LogP contribution in [-0.2, 0) is 0 Å². The van der Waals surface area contributed by atoms with E-state index in [1.165, 1.54) is 133 Å². The number of nitrogens with zero attached hydrogens (tertiary/aromatic N) is 2. The Morgan fingerprint density at radius 1 is 0.375 bits per heavy atom. The van der Waals surface area contributed by atoms with Crippen LogP contribution in [-0.4, -0.2) is 13.4 Å². The number of hydrogen-bond donors (Lipinski definition) is 0. The molecule has 10 aromatic carbocycles. The topological polar surface area (TPSA) is 6.48 Å². The van der Waals surface area contributed by atoms with E-state index in [1.54, 1.807) is 0 Å². The fourth-order valence-electron chi connectivity index (χ4n) is 12.6. The number of para-hydroxylation sites is 4. The van der Waals surface area contributed by atoms with Gasteiger partial charge in [0.25, 0.3) is 0 Å². The number of halogens is 2. The van der Waals surface area contributed by atoms with Gasteiger partial charge in [-0.2, -0.15) is 0 Å². The highest BCUT2D eigenvalue weighted by Gasteiger charge is 2.45. The molecule has 0 aromatic heterocycles. The van der Waals surface area contributed by atoms with Crippen molar-refractivity contribution in [1.29, 1.82) is 0 Å². The lowest BCUT2D eigenvalue weighted by Gasteiger charge is -2.42. The molecule has 0 unspecified atom stereocenters. The lowest BCUT2D eigenvalue weighted by molar-refractivity contribution is 0.876. The van der Waals surface area contributed by atoms with Gasteiger partial charge >= 0.3 is 0 Å². The molecule has 4 aliphatic rings. The van der Waals surface area contributed by atoms with Gasteiger partial charge in [-0.15, -0.1) is 0 Å². The first-order chi connectivity index (χ1) is 31.3. The third-order valence-corrected chi connectivity index (χ3v) is 15.9. The summed E-state index contributed by atoms with van der Waals surface area (Å²) in [4.78, 5) is 4.99. The van der Waals surface area contributed by atoms with Crippen LogP contribution in [0, 0.1) is 0 Å². The maximum Gasteiger partial charge on any atom is 0.248 e. The zero-order valence-electron chi connectivity index (χ0n) is 36.0. The summed E-state index contributed by atoms with van der Waals surface area (Å²) in [6.45, 7) is 9.71. The molecule has 4 heterocycles. The van der Waals surface area contributed by atoms with Gasteiger partial charge in [-0.05, 0) is 172 Å². The average molecular weight is 946 g/mol. The molecule has 10 aromatic rings. The first-order valence-corrected chi connectivity index (χ1v) is 24.3. The molecule has 0 saturated carbocycles. The van der Waals surface area contributed by atoms with Gasteiger partial charge in [-0.3, -0.25) is 0 Å². The lowest BCUT2D eigenvalue weighted by atomic mass is 9.31. The zero-order valence-corrected chi connectivity index (χ0v) is 39.1. The van der Waals surface area contributed by atoms with Crippen LogP contribution < -0.4 is 42.6 Å². The van der Waals surface area contributed by atoms with Gasteiger partial charge < -0.3 is 9.80 Å². The Bertz CT molecular complexity index is 3430. The van der Waals surface area contributed by atoms with E-state index in [0.29, 0.717) is 11.8 Å². The quantitative estimate of drug-likeness (QED) is 0.128. The Kier molecular flexibility index (Phi) is 7.73. The monoisotopic (exact) mass is 944 g/mol. The fourth-order valence-corrected chi connectivity index (χ4v) is 13.5. The van der Waals surface area contributed by atoms with Crippen LogP contribution in [0.1, 0.15) is 50.7 Å². The predicted molar refractivity (Wildman–Crippen MR) is 283 cm³/mol. The molecule has 2 nitrogen and oxygen atoms in total. The fraction of sp³-hybridized carbons (Fsp3) is 0.103. The van der Waals surface area contributed by atoms with Gasteiger partial charge in [0.2, 0.25) is 13.4 Å². The number of fused-ring (bicyclic) bond motifs is 8. The van der Waals surface area contributed by atoms with Crippen molar-refractivity contribution in [2.24, 2.45) is 0 Å². The molecule has 0 atom stereocenters. The highest BCUT2D eigenvalue weighted by Crippen LogP contribution is 2.52. The van der Waals surface area contributed by atoms with Crippen LogP contribution in [0.2, 0.25) is 0 Å². The molecule has 302 valence electrons. The first kappa shape index (κ1) is 37.3. The second-order valence-electron chi connectivity index (χ2n) is 19.0. The molecule has 6 heteroatoms. The Labute approximate surface area is 391 Å². The highest BCUT2D eigenvalue weighted by molar-refractivity contribution is 9.10. The number of anilines is 6. The molecule has 4 aliphatic heterocycles. The van der Waals surface area contributed by atoms with Gasteiger partial charge in [-0.25, -0.2) is 0 Å². The van der Waals surface area contributed by atoms with Gasteiger partial charge in [0.05, 0.1) is 0 Å². The Balaban J connectivity index is 1.17. The largest absolute Gasteiger partial charge is 0.311 e. The normalized spacial score (nSPS) is 13.9. The second kappa shape index (κ2) is 13.3. The standard InChI is InChI=1S/C58H40B2Br2N2/c1-31(2)37-27-39-43-23-33(61)25-51-57(43)60(46-20-12-14-22-50(46)63(51)35-15-7-5-8-16-35)48-30-42-38(32(3)4)28-40-44-24-34(62)26-52-58(44)59(47-29-41(37)55(53(39)48)56(42)54(40)47)45-19-11-13-21-49(45)64(52)36-17-9-6-10-18-36/h5-32H,1-4H3. The van der Waals surface area contributed by atoms with E-state index in [1.807, 2.05) is 0 Å². The zero-order chi connectivity index (χ0) is 42.9. The van der Waals surface area contributed by atoms with Gasteiger partial charge in [0, 0.05) is 43.1 Å². The van der Waals surface area contributed by atoms with Crippen LogP contribution in [0.5, 0.6) is 0 Å². The molecule has 0 aliphatic carbocycles. The van der Waals surface area contributed by atoms with Crippen LogP contribution in [0.4, 0.5) is 34.1 Å². The Morgan fingerprint density at radius 2 is 0.766 bits per heavy atom. The molecule has 0 N–H and O–H groups in total. The Morgan fingerprint density at radius 3 is 1.17 bits per heavy atom. The van der Waals surface area contributed by atoms with E-state index in [2.05, 4.69) is 227 Å².